The molecule has 0 saturated heterocycles. The Balaban J connectivity index is 1.25. The van der Waals surface area contributed by atoms with Gasteiger partial charge in [-0.25, -0.2) is 0 Å². The molecule has 33 heavy (non-hydrogen) atoms. The summed E-state index contributed by atoms with van der Waals surface area (Å²) in [7, 11) is 1.78. The standard InChI is InChI=1S/C32H46O/c1-4-10-31-25-30(23-24-32(31)33-3)14-9-8-13-29-21-19-28(20-22-29)12-7-6-11-27-17-15-26(5-2)16-18-27/h5,15-18,23-25,28-29H,2,4,6-14,19-22H2,1,3H3/t28-,29-. The van der Waals surface area contributed by atoms with Gasteiger partial charge in [-0.2, -0.15) is 0 Å². The van der Waals surface area contributed by atoms with Gasteiger partial charge in [0.05, 0.1) is 7.11 Å². The van der Waals surface area contributed by atoms with Gasteiger partial charge in [0.15, 0.2) is 0 Å². The lowest BCUT2D eigenvalue weighted by Crippen LogP contribution is -2.14. The quantitative estimate of drug-likeness (QED) is 0.263. The molecular formula is C32H46O. The van der Waals surface area contributed by atoms with Crippen molar-refractivity contribution >= 4 is 6.08 Å². The molecule has 180 valence electrons. The van der Waals surface area contributed by atoms with Crippen LogP contribution in [0.2, 0.25) is 0 Å². The van der Waals surface area contributed by atoms with Gasteiger partial charge in [0, 0.05) is 0 Å². The lowest BCUT2D eigenvalue weighted by Gasteiger charge is -2.28. The second-order valence-electron chi connectivity index (χ2n) is 10.2. The predicted octanol–water partition coefficient (Wildman–Crippen LogP) is 9.22. The molecule has 3 rings (SSSR count). The number of rotatable bonds is 14. The van der Waals surface area contributed by atoms with E-state index in [-0.39, 0.29) is 0 Å². The molecule has 0 heterocycles. The first-order chi connectivity index (χ1) is 16.2. The molecule has 1 aliphatic rings. The van der Waals surface area contributed by atoms with Gasteiger partial charge in [-0.05, 0) is 72.3 Å². The maximum atomic E-state index is 5.52. The van der Waals surface area contributed by atoms with Gasteiger partial charge in [-0.15, -0.1) is 0 Å². The van der Waals surface area contributed by atoms with Crippen LogP contribution < -0.4 is 4.74 Å². The molecule has 1 heteroatoms. The molecule has 0 aromatic heterocycles. The highest BCUT2D eigenvalue weighted by atomic mass is 16.5. The molecule has 2 aromatic carbocycles. The third kappa shape index (κ3) is 8.69. The van der Waals surface area contributed by atoms with Crippen LogP contribution in [0.1, 0.15) is 99.8 Å². The number of benzene rings is 2. The number of unbranched alkanes of at least 4 members (excludes halogenated alkanes) is 2. The molecule has 0 amide bonds. The maximum Gasteiger partial charge on any atom is 0.122 e. The zero-order chi connectivity index (χ0) is 23.3. The van der Waals surface area contributed by atoms with E-state index in [9.17, 15) is 0 Å². The van der Waals surface area contributed by atoms with Crippen molar-refractivity contribution in [2.45, 2.75) is 96.8 Å². The zero-order valence-corrected chi connectivity index (χ0v) is 21.3. The van der Waals surface area contributed by atoms with Crippen molar-refractivity contribution in [1.82, 2.24) is 0 Å². The van der Waals surface area contributed by atoms with Crippen molar-refractivity contribution in [3.63, 3.8) is 0 Å². The van der Waals surface area contributed by atoms with Crippen molar-refractivity contribution < 1.29 is 4.74 Å². The zero-order valence-electron chi connectivity index (χ0n) is 21.3. The Morgan fingerprint density at radius 3 is 1.91 bits per heavy atom. The SMILES string of the molecule is C=Cc1ccc(CCCC[C@H]2CC[C@H](CCCCc3ccc(OC)c(CCC)c3)CC2)cc1. The van der Waals surface area contributed by atoms with Crippen LogP contribution >= 0.6 is 0 Å². The van der Waals surface area contributed by atoms with E-state index < -0.39 is 0 Å². The summed E-state index contributed by atoms with van der Waals surface area (Å²) in [4.78, 5) is 0. The number of aryl methyl sites for hydroxylation is 3. The molecule has 0 spiro atoms. The van der Waals surface area contributed by atoms with Crippen LogP contribution in [0.3, 0.4) is 0 Å². The van der Waals surface area contributed by atoms with E-state index in [0.717, 1.165) is 24.0 Å². The van der Waals surface area contributed by atoms with Crippen LogP contribution in [-0.2, 0) is 19.3 Å². The van der Waals surface area contributed by atoms with Crippen LogP contribution in [0.5, 0.6) is 5.75 Å². The Kier molecular flexibility index (Phi) is 11.1. The van der Waals surface area contributed by atoms with Gasteiger partial charge in [-0.1, -0.05) is 114 Å². The smallest absolute Gasteiger partial charge is 0.122 e. The first-order valence-corrected chi connectivity index (χ1v) is 13.6. The van der Waals surface area contributed by atoms with Crippen LogP contribution in [0, 0.1) is 11.8 Å². The second kappa shape index (κ2) is 14.3. The summed E-state index contributed by atoms with van der Waals surface area (Å²) < 4.78 is 5.52. The lowest BCUT2D eigenvalue weighted by atomic mass is 9.78. The highest BCUT2D eigenvalue weighted by molar-refractivity contribution is 5.47. The highest BCUT2D eigenvalue weighted by Crippen LogP contribution is 2.34. The van der Waals surface area contributed by atoms with E-state index in [2.05, 4.69) is 56.0 Å². The average Bonchev–Trinajstić information content (AvgIpc) is 2.86. The van der Waals surface area contributed by atoms with Crippen LogP contribution in [-0.4, -0.2) is 7.11 Å². The van der Waals surface area contributed by atoms with E-state index in [1.807, 2.05) is 6.08 Å². The van der Waals surface area contributed by atoms with E-state index >= 15 is 0 Å². The molecule has 0 unspecified atom stereocenters. The van der Waals surface area contributed by atoms with E-state index in [0.29, 0.717) is 0 Å². The molecule has 1 saturated carbocycles. The largest absolute Gasteiger partial charge is 0.496 e. The third-order valence-electron chi connectivity index (χ3n) is 7.70. The highest BCUT2D eigenvalue weighted by Gasteiger charge is 2.20. The van der Waals surface area contributed by atoms with Crippen LogP contribution in [0.4, 0.5) is 0 Å². The monoisotopic (exact) mass is 446 g/mol. The predicted molar refractivity (Wildman–Crippen MR) is 144 cm³/mol. The van der Waals surface area contributed by atoms with Gasteiger partial charge < -0.3 is 4.74 Å². The van der Waals surface area contributed by atoms with Gasteiger partial charge in [0.2, 0.25) is 0 Å². The van der Waals surface area contributed by atoms with E-state index in [1.165, 1.54) is 106 Å². The minimum Gasteiger partial charge on any atom is -0.496 e. The minimum absolute atomic E-state index is 0.983. The molecule has 0 N–H and O–H groups in total. The normalized spacial score (nSPS) is 18.2. The second-order valence-corrected chi connectivity index (χ2v) is 10.2. The fourth-order valence-electron chi connectivity index (χ4n) is 5.61. The number of hydrogen-bond donors (Lipinski definition) is 0. The van der Waals surface area contributed by atoms with Crippen molar-refractivity contribution in [3.8, 4) is 5.75 Å². The fourth-order valence-corrected chi connectivity index (χ4v) is 5.61. The van der Waals surface area contributed by atoms with Crippen LogP contribution in [0.15, 0.2) is 49.0 Å². The Hall–Kier alpha value is -2.02. The van der Waals surface area contributed by atoms with Gasteiger partial charge >= 0.3 is 0 Å². The number of hydrogen-bond acceptors (Lipinski definition) is 1. The molecule has 1 nitrogen and oxygen atoms in total. The van der Waals surface area contributed by atoms with Crippen molar-refractivity contribution in [2.75, 3.05) is 7.11 Å². The molecule has 2 aromatic rings. The van der Waals surface area contributed by atoms with Crippen molar-refractivity contribution in [1.29, 1.82) is 0 Å². The molecule has 0 atom stereocenters. The Labute approximate surface area is 203 Å². The molecule has 0 bridgehead atoms. The average molecular weight is 447 g/mol. The molecule has 1 aliphatic carbocycles. The first-order valence-electron chi connectivity index (χ1n) is 13.6. The fraction of sp³-hybridized carbons (Fsp3) is 0.562. The summed E-state index contributed by atoms with van der Waals surface area (Å²) >= 11 is 0. The van der Waals surface area contributed by atoms with Crippen molar-refractivity contribution in [3.05, 3.63) is 71.3 Å². The van der Waals surface area contributed by atoms with Gasteiger partial charge in [0.1, 0.15) is 5.75 Å². The first kappa shape index (κ1) is 25.6. The number of ether oxygens (including phenoxy) is 1. The van der Waals surface area contributed by atoms with Gasteiger partial charge in [-0.3, -0.25) is 0 Å². The molecule has 0 aliphatic heterocycles. The summed E-state index contributed by atoms with van der Waals surface area (Å²) in [6.07, 6.45) is 20.8. The summed E-state index contributed by atoms with van der Waals surface area (Å²) in [6, 6.07) is 15.7. The minimum atomic E-state index is 0.983. The Morgan fingerprint density at radius 1 is 0.788 bits per heavy atom. The molecule has 0 radical (unpaired) electrons. The third-order valence-corrected chi connectivity index (χ3v) is 7.70. The van der Waals surface area contributed by atoms with Crippen molar-refractivity contribution in [2.24, 2.45) is 11.8 Å². The van der Waals surface area contributed by atoms with E-state index in [4.69, 9.17) is 4.74 Å². The summed E-state index contributed by atoms with van der Waals surface area (Å²) in [5.74, 6) is 3.02. The topological polar surface area (TPSA) is 9.23 Å². The summed E-state index contributed by atoms with van der Waals surface area (Å²) in [5.41, 5.74) is 5.55. The number of methoxy groups -OCH3 is 1. The molecular weight excluding hydrogens is 400 g/mol. The maximum absolute atomic E-state index is 5.52. The molecule has 1 fully saturated rings. The Bertz CT molecular complexity index is 811. The summed E-state index contributed by atoms with van der Waals surface area (Å²) in [6.45, 7) is 6.08. The Morgan fingerprint density at radius 2 is 1.36 bits per heavy atom. The van der Waals surface area contributed by atoms with E-state index in [1.54, 1.807) is 7.11 Å². The lowest BCUT2D eigenvalue weighted by molar-refractivity contribution is 0.245. The summed E-state index contributed by atoms with van der Waals surface area (Å²) in [5, 5.41) is 0. The van der Waals surface area contributed by atoms with Gasteiger partial charge in [0.25, 0.3) is 0 Å². The van der Waals surface area contributed by atoms with Crippen LogP contribution in [0.25, 0.3) is 6.08 Å².